The number of rotatable bonds is 9. The summed E-state index contributed by atoms with van der Waals surface area (Å²) in [5.74, 6) is 0.0388. The fourth-order valence-corrected chi connectivity index (χ4v) is 1.95. The maximum absolute atomic E-state index is 12.4. The van der Waals surface area contributed by atoms with Crippen molar-refractivity contribution in [3.05, 3.63) is 28.2 Å². The van der Waals surface area contributed by atoms with Gasteiger partial charge in [0.2, 0.25) is 5.91 Å². The van der Waals surface area contributed by atoms with Gasteiger partial charge in [-0.1, -0.05) is 23.2 Å². The van der Waals surface area contributed by atoms with E-state index in [0.29, 0.717) is 15.8 Å². The molecule has 0 aliphatic carbocycles. The number of alkyl halides is 2. The lowest BCUT2D eigenvalue weighted by molar-refractivity contribution is -0.134. The predicted molar refractivity (Wildman–Crippen MR) is 81.0 cm³/mol. The first kappa shape index (κ1) is 18.9. The summed E-state index contributed by atoms with van der Waals surface area (Å²) in [6.07, 6.45) is -2.60. The van der Waals surface area contributed by atoms with Crippen LogP contribution in [0.3, 0.4) is 0 Å². The number of carbonyl (C=O) groups is 1. The first-order valence-corrected chi connectivity index (χ1v) is 7.32. The summed E-state index contributed by atoms with van der Waals surface area (Å²) in [6, 6.07) is 4.71. The van der Waals surface area contributed by atoms with Crippen molar-refractivity contribution in [3.8, 4) is 5.75 Å². The Balaban J connectivity index is 2.46. The van der Waals surface area contributed by atoms with Crippen LogP contribution in [-0.2, 0) is 9.53 Å². The lowest BCUT2D eigenvalue weighted by Crippen LogP contribution is -2.38. The standard InChI is InChI=1S/C14H17Cl2F2NO3/c1-21-7-5-19(9-13(17)18)14(20)4-6-22-10-2-3-11(15)12(16)8-10/h2-3,8,13H,4-7,9H2,1H3. The van der Waals surface area contributed by atoms with Crippen LogP contribution in [0.2, 0.25) is 10.0 Å². The summed E-state index contributed by atoms with van der Waals surface area (Å²) in [5.41, 5.74) is 0. The summed E-state index contributed by atoms with van der Waals surface area (Å²) in [5, 5.41) is 0.734. The van der Waals surface area contributed by atoms with Crippen LogP contribution in [0.25, 0.3) is 0 Å². The first-order valence-electron chi connectivity index (χ1n) is 6.56. The van der Waals surface area contributed by atoms with Crippen molar-refractivity contribution in [3.63, 3.8) is 0 Å². The van der Waals surface area contributed by atoms with Gasteiger partial charge >= 0.3 is 0 Å². The third-order valence-corrected chi connectivity index (χ3v) is 3.49. The number of ether oxygens (including phenoxy) is 2. The molecule has 0 aliphatic rings. The maximum atomic E-state index is 12.4. The second kappa shape index (κ2) is 9.82. The Kier molecular flexibility index (Phi) is 8.45. The minimum absolute atomic E-state index is 0.0172. The van der Waals surface area contributed by atoms with E-state index in [0.717, 1.165) is 4.90 Å². The first-order chi connectivity index (χ1) is 10.4. The largest absolute Gasteiger partial charge is 0.493 e. The van der Waals surface area contributed by atoms with Crippen LogP contribution in [0, 0.1) is 0 Å². The molecule has 0 unspecified atom stereocenters. The van der Waals surface area contributed by atoms with Crippen molar-refractivity contribution < 1.29 is 23.0 Å². The second-order valence-electron chi connectivity index (χ2n) is 4.40. The summed E-state index contributed by atoms with van der Waals surface area (Å²) in [4.78, 5) is 13.0. The molecule has 1 aromatic carbocycles. The Morgan fingerprint density at radius 1 is 1.27 bits per heavy atom. The number of methoxy groups -OCH3 is 1. The molecule has 8 heteroatoms. The number of amides is 1. The molecule has 0 aromatic heterocycles. The summed E-state index contributed by atoms with van der Waals surface area (Å²) < 4.78 is 35.1. The van der Waals surface area contributed by atoms with E-state index >= 15 is 0 Å². The second-order valence-corrected chi connectivity index (χ2v) is 5.21. The lowest BCUT2D eigenvalue weighted by Gasteiger charge is -2.22. The average Bonchev–Trinajstić information content (AvgIpc) is 2.46. The minimum atomic E-state index is -2.59. The molecule has 0 aliphatic heterocycles. The number of hydrogen-bond donors (Lipinski definition) is 0. The van der Waals surface area contributed by atoms with Gasteiger partial charge in [0, 0.05) is 19.7 Å². The molecule has 1 rings (SSSR count). The van der Waals surface area contributed by atoms with E-state index in [1.54, 1.807) is 12.1 Å². The Morgan fingerprint density at radius 3 is 2.59 bits per heavy atom. The summed E-state index contributed by atoms with van der Waals surface area (Å²) in [7, 11) is 1.44. The Morgan fingerprint density at radius 2 is 2.00 bits per heavy atom. The van der Waals surface area contributed by atoms with Gasteiger partial charge in [0.1, 0.15) is 5.75 Å². The maximum Gasteiger partial charge on any atom is 0.255 e. The van der Waals surface area contributed by atoms with E-state index in [2.05, 4.69) is 0 Å². The van der Waals surface area contributed by atoms with Gasteiger partial charge in [0.05, 0.1) is 36.2 Å². The number of hydrogen-bond acceptors (Lipinski definition) is 3. The molecule has 1 aromatic rings. The van der Waals surface area contributed by atoms with Gasteiger partial charge in [-0.25, -0.2) is 8.78 Å². The van der Waals surface area contributed by atoms with E-state index in [4.69, 9.17) is 32.7 Å². The fraction of sp³-hybridized carbons (Fsp3) is 0.500. The van der Waals surface area contributed by atoms with Crippen molar-refractivity contribution in [2.24, 2.45) is 0 Å². The smallest absolute Gasteiger partial charge is 0.255 e. The zero-order valence-corrected chi connectivity index (χ0v) is 13.5. The van der Waals surface area contributed by atoms with E-state index in [1.165, 1.54) is 13.2 Å². The van der Waals surface area contributed by atoms with Crippen LogP contribution < -0.4 is 4.74 Å². The van der Waals surface area contributed by atoms with Crippen molar-refractivity contribution in [2.75, 3.05) is 33.4 Å². The van der Waals surface area contributed by atoms with Gasteiger partial charge < -0.3 is 14.4 Å². The highest BCUT2D eigenvalue weighted by Crippen LogP contribution is 2.26. The molecule has 0 saturated heterocycles. The zero-order valence-electron chi connectivity index (χ0n) is 12.0. The van der Waals surface area contributed by atoms with Crippen LogP contribution in [-0.4, -0.2) is 50.6 Å². The third-order valence-electron chi connectivity index (χ3n) is 2.75. The van der Waals surface area contributed by atoms with Gasteiger partial charge in [0.25, 0.3) is 6.43 Å². The van der Waals surface area contributed by atoms with E-state index < -0.39 is 18.9 Å². The Bertz CT molecular complexity index is 489. The zero-order chi connectivity index (χ0) is 16.5. The molecule has 4 nitrogen and oxygen atoms in total. The monoisotopic (exact) mass is 355 g/mol. The number of benzene rings is 1. The molecule has 1 amide bonds. The molecule has 124 valence electrons. The number of carbonyl (C=O) groups excluding carboxylic acids is 1. The third kappa shape index (κ3) is 6.77. The van der Waals surface area contributed by atoms with Crippen molar-refractivity contribution in [2.45, 2.75) is 12.8 Å². The molecule has 0 bridgehead atoms. The molecule has 0 radical (unpaired) electrons. The topological polar surface area (TPSA) is 38.8 Å². The SMILES string of the molecule is COCCN(CC(F)F)C(=O)CCOc1ccc(Cl)c(Cl)c1. The van der Waals surface area contributed by atoms with Crippen molar-refractivity contribution in [1.29, 1.82) is 0 Å². The Hall–Kier alpha value is -1.11. The number of nitrogens with zero attached hydrogens (tertiary/aromatic N) is 1. The minimum Gasteiger partial charge on any atom is -0.493 e. The van der Waals surface area contributed by atoms with Crippen LogP contribution in [0.15, 0.2) is 18.2 Å². The summed E-state index contributed by atoms with van der Waals surface area (Å²) in [6.45, 7) is -0.239. The molecule has 0 saturated carbocycles. The van der Waals surface area contributed by atoms with Crippen LogP contribution in [0.1, 0.15) is 6.42 Å². The van der Waals surface area contributed by atoms with Crippen LogP contribution in [0.4, 0.5) is 8.78 Å². The predicted octanol–water partition coefficient (Wildman–Crippen LogP) is 3.50. The lowest BCUT2D eigenvalue weighted by atomic mass is 10.3. The van der Waals surface area contributed by atoms with Crippen molar-refractivity contribution in [1.82, 2.24) is 4.90 Å². The van der Waals surface area contributed by atoms with Gasteiger partial charge in [-0.3, -0.25) is 4.79 Å². The van der Waals surface area contributed by atoms with Gasteiger partial charge in [0.15, 0.2) is 0 Å². The molecule has 0 fully saturated rings. The molecule has 22 heavy (non-hydrogen) atoms. The van der Waals surface area contributed by atoms with Gasteiger partial charge in [-0.2, -0.15) is 0 Å². The highest BCUT2D eigenvalue weighted by Gasteiger charge is 2.17. The molecular formula is C14H17Cl2F2NO3. The van der Waals surface area contributed by atoms with Gasteiger partial charge in [-0.05, 0) is 12.1 Å². The molecule has 0 spiro atoms. The highest BCUT2D eigenvalue weighted by atomic mass is 35.5. The molecule has 0 atom stereocenters. The average molecular weight is 356 g/mol. The van der Waals surface area contributed by atoms with Crippen LogP contribution >= 0.6 is 23.2 Å². The van der Waals surface area contributed by atoms with E-state index in [1.807, 2.05) is 0 Å². The van der Waals surface area contributed by atoms with E-state index in [9.17, 15) is 13.6 Å². The quantitative estimate of drug-likeness (QED) is 0.680. The molecule has 0 N–H and O–H groups in total. The van der Waals surface area contributed by atoms with Gasteiger partial charge in [-0.15, -0.1) is 0 Å². The Labute approximate surface area is 137 Å². The van der Waals surface area contributed by atoms with E-state index in [-0.39, 0.29) is 26.2 Å². The summed E-state index contributed by atoms with van der Waals surface area (Å²) >= 11 is 11.6. The normalized spacial score (nSPS) is 10.8. The van der Waals surface area contributed by atoms with Crippen molar-refractivity contribution >= 4 is 29.1 Å². The molecular weight excluding hydrogens is 339 g/mol. The number of halogens is 4. The fourth-order valence-electron chi connectivity index (χ4n) is 1.67. The highest BCUT2D eigenvalue weighted by molar-refractivity contribution is 6.42. The van der Waals surface area contributed by atoms with Crippen LogP contribution in [0.5, 0.6) is 5.75 Å². The molecule has 0 heterocycles.